The molecule has 0 unspecified atom stereocenters. The van der Waals surface area contributed by atoms with Crippen molar-refractivity contribution in [2.45, 2.75) is 40.7 Å². The first kappa shape index (κ1) is 18.5. The number of nitrogens with one attached hydrogen (secondary N) is 1. The van der Waals surface area contributed by atoms with E-state index in [4.69, 9.17) is 10.5 Å². The summed E-state index contributed by atoms with van der Waals surface area (Å²) in [6, 6.07) is 9.11. The number of esters is 1. The van der Waals surface area contributed by atoms with Crippen LogP contribution in [0.15, 0.2) is 30.3 Å². The van der Waals surface area contributed by atoms with Gasteiger partial charge in [-0.15, -0.1) is 0 Å². The maximum atomic E-state index is 12.4. The summed E-state index contributed by atoms with van der Waals surface area (Å²) in [4.78, 5) is 24.7. The molecule has 25 heavy (non-hydrogen) atoms. The molecule has 3 N–H and O–H groups in total. The van der Waals surface area contributed by atoms with Crippen molar-refractivity contribution < 1.29 is 14.3 Å². The van der Waals surface area contributed by atoms with E-state index in [1.165, 1.54) is 6.92 Å². The van der Waals surface area contributed by atoms with E-state index in [-0.39, 0.29) is 11.5 Å². The standard InChI is InChI=1S/C20H24N2O3/c1-11-9-13(3)18(14(4)10-11)22-19(23)15(5)25-20(24)16-8-6-7-12(2)17(16)21/h6-10,15H,21H2,1-5H3,(H,22,23)/t15-/m1/s1. The first-order valence-electron chi connectivity index (χ1n) is 8.15. The van der Waals surface area contributed by atoms with E-state index in [2.05, 4.69) is 5.32 Å². The third-order valence-corrected chi connectivity index (χ3v) is 4.12. The number of hydrogen-bond acceptors (Lipinski definition) is 4. The van der Waals surface area contributed by atoms with Crippen LogP contribution in [-0.4, -0.2) is 18.0 Å². The van der Waals surface area contributed by atoms with Gasteiger partial charge in [-0.05, 0) is 57.4 Å². The molecule has 2 rings (SSSR count). The first-order valence-corrected chi connectivity index (χ1v) is 8.15. The Morgan fingerprint density at radius 2 is 1.64 bits per heavy atom. The van der Waals surface area contributed by atoms with Gasteiger partial charge in [0.05, 0.1) is 5.56 Å². The molecule has 0 aliphatic carbocycles. The van der Waals surface area contributed by atoms with Gasteiger partial charge in [0.15, 0.2) is 6.10 Å². The molecule has 5 heteroatoms. The number of nitrogens with two attached hydrogens (primary N) is 1. The summed E-state index contributed by atoms with van der Waals surface area (Å²) in [7, 11) is 0. The number of nitrogen functional groups attached to an aromatic ring is 1. The van der Waals surface area contributed by atoms with Crippen molar-refractivity contribution in [2.24, 2.45) is 0 Å². The van der Waals surface area contributed by atoms with Crippen LogP contribution in [-0.2, 0) is 9.53 Å². The lowest BCUT2D eigenvalue weighted by Gasteiger charge is -2.17. The van der Waals surface area contributed by atoms with E-state index in [0.717, 1.165) is 27.9 Å². The molecule has 0 spiro atoms. The topological polar surface area (TPSA) is 81.4 Å². The van der Waals surface area contributed by atoms with Gasteiger partial charge in [0.25, 0.3) is 5.91 Å². The van der Waals surface area contributed by atoms with E-state index in [9.17, 15) is 9.59 Å². The lowest BCUT2D eigenvalue weighted by molar-refractivity contribution is -0.123. The van der Waals surface area contributed by atoms with Crippen LogP contribution in [0.25, 0.3) is 0 Å². The van der Waals surface area contributed by atoms with Gasteiger partial charge in [-0.1, -0.05) is 29.8 Å². The van der Waals surface area contributed by atoms with Crippen LogP contribution in [0.3, 0.4) is 0 Å². The Labute approximate surface area is 148 Å². The average Bonchev–Trinajstić information content (AvgIpc) is 2.52. The fourth-order valence-electron chi connectivity index (χ4n) is 2.74. The Hall–Kier alpha value is -2.82. The zero-order valence-electron chi connectivity index (χ0n) is 15.3. The smallest absolute Gasteiger partial charge is 0.341 e. The molecule has 0 saturated heterocycles. The summed E-state index contributed by atoms with van der Waals surface area (Å²) in [5.74, 6) is -0.990. The van der Waals surface area contributed by atoms with E-state index in [0.29, 0.717) is 5.69 Å². The van der Waals surface area contributed by atoms with Gasteiger partial charge >= 0.3 is 5.97 Å². The van der Waals surface area contributed by atoms with Crippen LogP contribution in [0.1, 0.15) is 39.5 Å². The minimum absolute atomic E-state index is 0.266. The number of carbonyl (C=O) groups is 2. The molecule has 0 fully saturated rings. The molecular weight excluding hydrogens is 316 g/mol. The molecule has 0 aliphatic rings. The van der Waals surface area contributed by atoms with E-state index in [1.54, 1.807) is 12.1 Å². The summed E-state index contributed by atoms with van der Waals surface area (Å²) < 4.78 is 5.28. The van der Waals surface area contributed by atoms with Gasteiger partial charge in [-0.2, -0.15) is 0 Å². The lowest BCUT2D eigenvalue weighted by atomic mass is 10.0. The van der Waals surface area contributed by atoms with Crippen LogP contribution < -0.4 is 11.1 Å². The molecule has 0 saturated carbocycles. The summed E-state index contributed by atoms with van der Waals surface area (Å²) in [6.45, 7) is 9.21. The maximum absolute atomic E-state index is 12.4. The van der Waals surface area contributed by atoms with Crippen LogP contribution in [0.5, 0.6) is 0 Å². The van der Waals surface area contributed by atoms with Gasteiger partial charge in [0.1, 0.15) is 0 Å². The highest BCUT2D eigenvalue weighted by atomic mass is 16.5. The van der Waals surface area contributed by atoms with Gasteiger partial charge in [-0.3, -0.25) is 4.79 Å². The summed E-state index contributed by atoms with van der Waals surface area (Å²) in [6.07, 6.45) is -0.937. The molecule has 0 bridgehead atoms. The third kappa shape index (κ3) is 4.18. The average molecular weight is 340 g/mol. The SMILES string of the molecule is Cc1cc(C)c(NC(=O)[C@@H](C)OC(=O)c2cccc(C)c2N)c(C)c1. The number of anilines is 2. The molecule has 132 valence electrons. The van der Waals surface area contributed by atoms with Crippen molar-refractivity contribution >= 4 is 23.3 Å². The van der Waals surface area contributed by atoms with Crippen molar-refractivity contribution in [1.82, 2.24) is 0 Å². The predicted molar refractivity (Wildman–Crippen MR) is 99.8 cm³/mol. The second-order valence-corrected chi connectivity index (χ2v) is 6.35. The molecule has 5 nitrogen and oxygen atoms in total. The van der Waals surface area contributed by atoms with E-state index in [1.807, 2.05) is 45.9 Å². The molecule has 1 atom stereocenters. The number of hydrogen-bond donors (Lipinski definition) is 2. The van der Waals surface area contributed by atoms with Crippen molar-refractivity contribution in [2.75, 3.05) is 11.1 Å². The second kappa shape index (κ2) is 7.38. The molecule has 0 aromatic heterocycles. The van der Waals surface area contributed by atoms with E-state index >= 15 is 0 Å². The van der Waals surface area contributed by atoms with Crippen LogP contribution in [0.4, 0.5) is 11.4 Å². The fourth-order valence-corrected chi connectivity index (χ4v) is 2.74. The molecular formula is C20H24N2O3. The monoisotopic (exact) mass is 340 g/mol. The van der Waals surface area contributed by atoms with Crippen molar-refractivity contribution in [3.05, 3.63) is 58.1 Å². The van der Waals surface area contributed by atoms with Crippen molar-refractivity contribution in [1.29, 1.82) is 0 Å². The van der Waals surface area contributed by atoms with Gasteiger partial charge in [0.2, 0.25) is 0 Å². The van der Waals surface area contributed by atoms with Crippen LogP contribution in [0.2, 0.25) is 0 Å². The number of aryl methyl sites for hydroxylation is 4. The highest BCUT2D eigenvalue weighted by molar-refractivity contribution is 6.00. The first-order chi connectivity index (χ1) is 11.7. The summed E-state index contributed by atoms with van der Waals surface area (Å²) >= 11 is 0. The maximum Gasteiger partial charge on any atom is 0.341 e. The number of benzene rings is 2. The van der Waals surface area contributed by atoms with Gasteiger partial charge in [-0.25, -0.2) is 4.79 Å². The molecule has 1 amide bonds. The molecule has 0 radical (unpaired) electrons. The minimum Gasteiger partial charge on any atom is -0.449 e. The highest BCUT2D eigenvalue weighted by Crippen LogP contribution is 2.23. The Morgan fingerprint density at radius 3 is 2.24 bits per heavy atom. The van der Waals surface area contributed by atoms with Gasteiger partial charge in [0, 0.05) is 11.4 Å². The van der Waals surface area contributed by atoms with Gasteiger partial charge < -0.3 is 15.8 Å². The number of rotatable bonds is 4. The van der Waals surface area contributed by atoms with Crippen LogP contribution in [0, 0.1) is 27.7 Å². The number of carbonyl (C=O) groups excluding carboxylic acids is 2. The third-order valence-electron chi connectivity index (χ3n) is 4.12. The highest BCUT2D eigenvalue weighted by Gasteiger charge is 2.21. The largest absolute Gasteiger partial charge is 0.449 e. The molecule has 2 aromatic carbocycles. The summed E-state index contributed by atoms with van der Waals surface area (Å²) in [5.41, 5.74) is 11.1. The van der Waals surface area contributed by atoms with Crippen molar-refractivity contribution in [3.63, 3.8) is 0 Å². The Bertz CT molecular complexity index is 805. The Balaban J connectivity index is 2.11. The second-order valence-electron chi connectivity index (χ2n) is 6.35. The Morgan fingerprint density at radius 1 is 1.04 bits per heavy atom. The fraction of sp³-hybridized carbons (Fsp3) is 0.300. The number of amides is 1. The molecule has 2 aromatic rings. The van der Waals surface area contributed by atoms with E-state index < -0.39 is 12.1 Å². The zero-order chi connectivity index (χ0) is 18.7. The van der Waals surface area contributed by atoms with Crippen LogP contribution >= 0.6 is 0 Å². The van der Waals surface area contributed by atoms with Crippen molar-refractivity contribution in [3.8, 4) is 0 Å². The number of para-hydroxylation sites is 1. The Kier molecular flexibility index (Phi) is 5.47. The predicted octanol–water partition coefficient (Wildman–Crippen LogP) is 3.69. The summed E-state index contributed by atoms with van der Waals surface area (Å²) in [5, 5.41) is 2.84. The zero-order valence-corrected chi connectivity index (χ0v) is 15.3. The number of ether oxygens (including phenoxy) is 1. The lowest BCUT2D eigenvalue weighted by Crippen LogP contribution is -2.30. The minimum atomic E-state index is -0.937. The molecule has 0 aliphatic heterocycles. The molecule has 0 heterocycles. The quantitative estimate of drug-likeness (QED) is 0.657. The normalized spacial score (nSPS) is 11.7.